The van der Waals surface area contributed by atoms with Crippen molar-refractivity contribution >= 4 is 12.1 Å². The molecule has 0 saturated heterocycles. The minimum absolute atomic E-state index is 0.00681. The Bertz CT molecular complexity index is 172. The molecule has 0 bridgehead atoms. The van der Waals surface area contributed by atoms with Gasteiger partial charge in [0.2, 0.25) is 0 Å². The van der Waals surface area contributed by atoms with E-state index in [1.807, 2.05) is 6.21 Å². The van der Waals surface area contributed by atoms with Crippen LogP contribution in [0.1, 0.15) is 26.2 Å². The second-order valence-electron chi connectivity index (χ2n) is 2.38. The maximum Gasteiger partial charge on any atom is 0.178 e. The molecule has 0 fully saturated rings. The highest BCUT2D eigenvalue weighted by molar-refractivity contribution is 5.72. The third-order valence-electron chi connectivity index (χ3n) is 1.42. The molecular formula is C7H12N2O. The van der Waals surface area contributed by atoms with Crippen molar-refractivity contribution in [3.05, 3.63) is 0 Å². The largest absolute Gasteiger partial charge is 0.857 e. The second-order valence-corrected chi connectivity index (χ2v) is 2.38. The van der Waals surface area contributed by atoms with Gasteiger partial charge in [-0.1, -0.05) is 11.6 Å². The molecule has 0 radical (unpaired) electrons. The highest BCUT2D eigenvalue weighted by Gasteiger charge is 2.09. The van der Waals surface area contributed by atoms with E-state index in [2.05, 4.69) is 12.0 Å². The molecule has 1 rings (SSSR count). The Labute approximate surface area is 60.7 Å². The van der Waals surface area contributed by atoms with Gasteiger partial charge < -0.3 is 5.11 Å². The normalized spacial score (nSPS) is 21.7. The van der Waals surface area contributed by atoms with Crippen molar-refractivity contribution in [2.24, 2.45) is 5.10 Å². The van der Waals surface area contributed by atoms with Gasteiger partial charge in [0.15, 0.2) is 12.8 Å². The maximum atomic E-state index is 10.6. The predicted octanol–water partition coefficient (Wildman–Crippen LogP) is -0.0527. The molecule has 10 heavy (non-hydrogen) atoms. The number of hydrogen-bond donors (Lipinski definition) is 0. The van der Waals surface area contributed by atoms with Crippen LogP contribution in [0.25, 0.3) is 0 Å². The van der Waals surface area contributed by atoms with Crippen LogP contribution in [0, 0.1) is 0 Å². The zero-order chi connectivity index (χ0) is 7.40. The summed E-state index contributed by atoms with van der Waals surface area (Å²) < 4.78 is 1.74. The molecule has 3 nitrogen and oxygen atoms in total. The first-order chi connectivity index (χ1) is 4.83. The van der Waals surface area contributed by atoms with Gasteiger partial charge in [0.1, 0.15) is 0 Å². The van der Waals surface area contributed by atoms with Gasteiger partial charge in [-0.3, -0.25) is 0 Å². The fourth-order valence-electron chi connectivity index (χ4n) is 0.864. The molecule has 0 aromatic heterocycles. The minimum Gasteiger partial charge on any atom is -0.857 e. The van der Waals surface area contributed by atoms with E-state index in [0.29, 0.717) is 6.42 Å². The van der Waals surface area contributed by atoms with Crippen molar-refractivity contribution in [2.45, 2.75) is 26.2 Å². The van der Waals surface area contributed by atoms with Crippen LogP contribution in [0.15, 0.2) is 5.10 Å². The SMILES string of the molecule is CCC/C=[N+]1/CCC([O-])=N1. The number of hydrogen-bond acceptors (Lipinski definition) is 2. The van der Waals surface area contributed by atoms with Crippen LogP contribution in [-0.4, -0.2) is 23.3 Å². The average Bonchev–Trinajstić information content (AvgIpc) is 2.31. The summed E-state index contributed by atoms with van der Waals surface area (Å²) in [7, 11) is 0. The smallest absolute Gasteiger partial charge is 0.178 e. The Balaban J connectivity index is 2.43. The summed E-state index contributed by atoms with van der Waals surface area (Å²) in [6, 6.07) is 0. The Morgan fingerprint density at radius 1 is 1.80 bits per heavy atom. The molecule has 1 aliphatic rings. The van der Waals surface area contributed by atoms with E-state index >= 15 is 0 Å². The Kier molecular flexibility index (Phi) is 2.42. The second kappa shape index (κ2) is 3.34. The van der Waals surface area contributed by atoms with E-state index in [1.165, 1.54) is 0 Å². The van der Waals surface area contributed by atoms with Crippen LogP contribution in [-0.2, 0) is 0 Å². The highest BCUT2D eigenvalue weighted by atomic mass is 16.3. The molecule has 0 N–H and O–H groups in total. The number of unbranched alkanes of at least 4 members (excludes halogenated alkanes) is 1. The molecule has 1 aliphatic heterocycles. The molecule has 56 valence electrons. The lowest BCUT2D eigenvalue weighted by atomic mass is 10.4. The van der Waals surface area contributed by atoms with E-state index < -0.39 is 0 Å². The molecule has 1 heterocycles. The fraction of sp³-hybridized carbons (Fsp3) is 0.714. The maximum absolute atomic E-state index is 10.6. The first kappa shape index (κ1) is 7.25. The monoisotopic (exact) mass is 140 g/mol. The Hall–Kier alpha value is -0.860. The van der Waals surface area contributed by atoms with Gasteiger partial charge in [-0.25, -0.2) is 0 Å². The van der Waals surface area contributed by atoms with E-state index in [1.54, 1.807) is 4.68 Å². The zero-order valence-corrected chi connectivity index (χ0v) is 6.21. The molecule has 0 aromatic rings. The standard InChI is InChI=1S/C7H12N2O/c1-2-3-5-9-6-4-7(10)8-9/h5H,2-4,6H2,1H3/b9-5-. The third kappa shape index (κ3) is 1.83. The van der Waals surface area contributed by atoms with E-state index in [0.717, 1.165) is 19.4 Å². The molecule has 0 aliphatic carbocycles. The summed E-state index contributed by atoms with van der Waals surface area (Å²) in [5.74, 6) is 0.00681. The van der Waals surface area contributed by atoms with Crippen molar-refractivity contribution in [1.82, 2.24) is 0 Å². The van der Waals surface area contributed by atoms with Crippen molar-refractivity contribution in [2.75, 3.05) is 6.54 Å². The quantitative estimate of drug-likeness (QED) is 0.495. The Morgan fingerprint density at radius 2 is 2.60 bits per heavy atom. The van der Waals surface area contributed by atoms with Gasteiger partial charge in [0.05, 0.1) is 0 Å². The number of hydrazone groups is 1. The minimum atomic E-state index is 0.00681. The number of rotatable bonds is 2. The third-order valence-corrected chi connectivity index (χ3v) is 1.42. The van der Waals surface area contributed by atoms with Crippen LogP contribution < -0.4 is 5.11 Å². The first-order valence-electron chi connectivity index (χ1n) is 3.67. The summed E-state index contributed by atoms with van der Waals surface area (Å²) in [6.07, 6.45) is 4.68. The van der Waals surface area contributed by atoms with E-state index in [9.17, 15) is 5.11 Å². The topological polar surface area (TPSA) is 38.4 Å². The molecule has 0 saturated carbocycles. The lowest BCUT2D eigenvalue weighted by Gasteiger charge is -1.89. The van der Waals surface area contributed by atoms with Crippen LogP contribution in [0.2, 0.25) is 0 Å². The molecule has 0 amide bonds. The summed E-state index contributed by atoms with van der Waals surface area (Å²) in [6.45, 7) is 2.88. The average molecular weight is 140 g/mol. The molecule has 3 heteroatoms. The molecule has 0 aromatic carbocycles. The lowest BCUT2D eigenvalue weighted by molar-refractivity contribution is -0.520. The summed E-state index contributed by atoms with van der Waals surface area (Å²) in [4.78, 5) is 0. The van der Waals surface area contributed by atoms with E-state index in [-0.39, 0.29) is 5.90 Å². The molecule has 0 spiro atoms. The zero-order valence-electron chi connectivity index (χ0n) is 6.21. The van der Waals surface area contributed by atoms with Gasteiger partial charge in [-0.2, -0.15) is 0 Å². The van der Waals surface area contributed by atoms with E-state index in [4.69, 9.17) is 0 Å². The van der Waals surface area contributed by atoms with Gasteiger partial charge in [-0.05, 0) is 11.5 Å². The molecular weight excluding hydrogens is 128 g/mol. The van der Waals surface area contributed by atoms with Crippen LogP contribution in [0.4, 0.5) is 0 Å². The molecule has 0 unspecified atom stereocenters. The van der Waals surface area contributed by atoms with Crippen molar-refractivity contribution in [1.29, 1.82) is 0 Å². The van der Waals surface area contributed by atoms with Crippen LogP contribution in [0.3, 0.4) is 0 Å². The van der Waals surface area contributed by atoms with Gasteiger partial charge in [0, 0.05) is 18.7 Å². The summed E-state index contributed by atoms with van der Waals surface area (Å²) in [5.41, 5.74) is 0. The predicted molar refractivity (Wildman–Crippen MR) is 38.2 cm³/mol. The summed E-state index contributed by atoms with van der Waals surface area (Å²) in [5, 5.41) is 14.4. The van der Waals surface area contributed by atoms with Crippen LogP contribution in [0.5, 0.6) is 0 Å². The van der Waals surface area contributed by atoms with Crippen molar-refractivity contribution < 1.29 is 9.79 Å². The van der Waals surface area contributed by atoms with Crippen molar-refractivity contribution in [3.8, 4) is 0 Å². The summed E-state index contributed by atoms with van der Waals surface area (Å²) >= 11 is 0. The first-order valence-corrected chi connectivity index (χ1v) is 3.67. The molecule has 0 atom stereocenters. The van der Waals surface area contributed by atoms with Gasteiger partial charge >= 0.3 is 0 Å². The van der Waals surface area contributed by atoms with Crippen molar-refractivity contribution in [3.63, 3.8) is 0 Å². The Morgan fingerprint density at radius 3 is 3.10 bits per heavy atom. The van der Waals surface area contributed by atoms with Crippen LogP contribution >= 0.6 is 0 Å². The fourth-order valence-corrected chi connectivity index (χ4v) is 0.864. The van der Waals surface area contributed by atoms with Gasteiger partial charge in [0.25, 0.3) is 0 Å². The highest BCUT2D eigenvalue weighted by Crippen LogP contribution is 1.94. The lowest BCUT2D eigenvalue weighted by Crippen LogP contribution is -2.13. The number of nitrogens with zero attached hydrogens (tertiary/aromatic N) is 2. The van der Waals surface area contributed by atoms with Gasteiger partial charge in [-0.15, -0.1) is 0 Å².